The fourth-order valence-corrected chi connectivity index (χ4v) is 2.79. The van der Waals surface area contributed by atoms with Crippen molar-refractivity contribution in [1.82, 2.24) is 4.98 Å². The number of alkyl halides is 2. The highest BCUT2D eigenvalue weighted by Gasteiger charge is 2.31. The van der Waals surface area contributed by atoms with E-state index in [0.717, 1.165) is 18.4 Å². The van der Waals surface area contributed by atoms with Gasteiger partial charge in [0.15, 0.2) is 4.58 Å². The number of carbonyl (C=O) groups excluding carboxylic acids is 1. The number of anilines is 1. The van der Waals surface area contributed by atoms with Crippen LogP contribution < -0.4 is 5.32 Å². The highest BCUT2D eigenvalue weighted by Crippen LogP contribution is 2.35. The molecule has 1 fully saturated rings. The molecule has 0 aromatic carbocycles. The van der Waals surface area contributed by atoms with Gasteiger partial charge in [-0.2, -0.15) is 0 Å². The van der Waals surface area contributed by atoms with Gasteiger partial charge < -0.3 is 10.1 Å². The molecule has 3 rings (SSSR count). The molecule has 0 amide bonds. The third kappa shape index (κ3) is 5.36. The van der Waals surface area contributed by atoms with Gasteiger partial charge in [0.05, 0.1) is 12.5 Å². The van der Waals surface area contributed by atoms with Crippen LogP contribution in [0.25, 0.3) is 0 Å². The Bertz CT molecular complexity index is 698. The third-order valence-electron chi connectivity index (χ3n) is 4.10. The first-order valence-corrected chi connectivity index (χ1v) is 9.02. The zero-order valence-corrected chi connectivity index (χ0v) is 15.2. The Hall–Kier alpha value is -1.76. The molecule has 1 saturated carbocycles. The second-order valence-corrected chi connectivity index (χ2v) is 7.62. The summed E-state index contributed by atoms with van der Waals surface area (Å²) in [5.74, 6) is 0.120. The van der Waals surface area contributed by atoms with E-state index in [1.165, 1.54) is 12.2 Å². The Kier molecular flexibility index (Phi) is 5.51. The van der Waals surface area contributed by atoms with Gasteiger partial charge in [0, 0.05) is 31.2 Å². The minimum atomic E-state index is -1.80. The summed E-state index contributed by atoms with van der Waals surface area (Å²) in [6.45, 7) is 0.584. The van der Waals surface area contributed by atoms with Gasteiger partial charge in [-0.15, -0.1) is 0 Å². The number of halogens is 3. The summed E-state index contributed by atoms with van der Waals surface area (Å²) >= 11 is 2.81. The normalized spacial score (nSPS) is 22.8. The monoisotopic (exact) mass is 412 g/mol. The van der Waals surface area contributed by atoms with Gasteiger partial charge in [-0.3, -0.25) is 4.79 Å². The number of nitrogens with one attached hydrogen (secondary N) is 1. The number of hydrogen-bond acceptors (Lipinski definition) is 4. The third-order valence-corrected chi connectivity index (χ3v) is 4.64. The average molecular weight is 413 g/mol. The molecule has 1 aromatic rings. The van der Waals surface area contributed by atoms with Crippen LogP contribution in [0.3, 0.4) is 0 Å². The van der Waals surface area contributed by atoms with E-state index in [0.29, 0.717) is 24.4 Å². The van der Waals surface area contributed by atoms with Crippen LogP contribution in [0.15, 0.2) is 41.9 Å². The lowest BCUT2D eigenvalue weighted by Gasteiger charge is -2.19. The topological polar surface area (TPSA) is 51.2 Å². The molecule has 1 unspecified atom stereocenters. The number of allylic oxidation sites excluding steroid dienone is 2. The van der Waals surface area contributed by atoms with Gasteiger partial charge >= 0.3 is 5.97 Å². The molecular weight excluding hydrogens is 394 g/mol. The summed E-state index contributed by atoms with van der Waals surface area (Å²) in [7, 11) is 0. The van der Waals surface area contributed by atoms with E-state index >= 15 is 0 Å². The standard InChI is InChI=1S/C18H19BrF2N2O2/c19-18(21)7-5-14(15(20)9-18)11-23-16-4-1-12(10-22-16)6-8-25-17(24)13-2-3-13/h1,4-5,7,10,13H,2-3,6,8-9,11H2,(H,22,23). The van der Waals surface area contributed by atoms with E-state index in [-0.39, 0.29) is 24.9 Å². The second-order valence-electron chi connectivity index (χ2n) is 6.30. The fourth-order valence-electron chi connectivity index (χ4n) is 2.42. The summed E-state index contributed by atoms with van der Waals surface area (Å²) in [6, 6.07) is 3.67. The summed E-state index contributed by atoms with van der Waals surface area (Å²) in [6.07, 6.45) is 6.60. The molecule has 25 heavy (non-hydrogen) atoms. The first-order valence-electron chi connectivity index (χ1n) is 8.23. The highest BCUT2D eigenvalue weighted by molar-refractivity contribution is 9.10. The van der Waals surface area contributed by atoms with Crippen molar-refractivity contribution in [3.05, 3.63) is 47.4 Å². The number of aromatic nitrogens is 1. The largest absolute Gasteiger partial charge is 0.465 e. The van der Waals surface area contributed by atoms with Crippen molar-refractivity contribution < 1.29 is 18.3 Å². The molecule has 1 aromatic heterocycles. The van der Waals surface area contributed by atoms with Crippen molar-refractivity contribution >= 4 is 27.7 Å². The molecule has 1 heterocycles. The number of esters is 1. The number of nitrogens with zero attached hydrogens (tertiary/aromatic N) is 1. The highest BCUT2D eigenvalue weighted by atomic mass is 79.9. The molecule has 0 bridgehead atoms. The molecular formula is C18H19BrF2N2O2. The Labute approximate surface area is 153 Å². The van der Waals surface area contributed by atoms with Crippen LogP contribution in [-0.4, -0.2) is 28.7 Å². The maximum atomic E-state index is 13.8. The van der Waals surface area contributed by atoms with Crippen molar-refractivity contribution in [2.75, 3.05) is 18.5 Å². The van der Waals surface area contributed by atoms with E-state index < -0.39 is 10.4 Å². The van der Waals surface area contributed by atoms with Crippen LogP contribution in [0.5, 0.6) is 0 Å². The van der Waals surface area contributed by atoms with Crippen molar-refractivity contribution in [3.8, 4) is 0 Å². The van der Waals surface area contributed by atoms with E-state index in [9.17, 15) is 13.6 Å². The molecule has 4 nitrogen and oxygen atoms in total. The maximum absolute atomic E-state index is 13.8. The molecule has 0 aliphatic heterocycles. The minimum Gasteiger partial charge on any atom is -0.465 e. The Morgan fingerprint density at radius 2 is 2.24 bits per heavy atom. The number of carbonyl (C=O) groups is 1. The lowest BCUT2D eigenvalue weighted by Crippen LogP contribution is -2.17. The number of hydrogen-bond donors (Lipinski definition) is 1. The van der Waals surface area contributed by atoms with Gasteiger partial charge in [-0.25, -0.2) is 13.8 Å². The molecule has 1 N–H and O–H groups in total. The molecule has 134 valence electrons. The van der Waals surface area contributed by atoms with Gasteiger partial charge in [-0.05, 0) is 46.5 Å². The van der Waals surface area contributed by atoms with Crippen LogP contribution in [-0.2, 0) is 16.0 Å². The lowest BCUT2D eigenvalue weighted by molar-refractivity contribution is -0.145. The van der Waals surface area contributed by atoms with Crippen LogP contribution >= 0.6 is 15.9 Å². The second kappa shape index (κ2) is 7.64. The maximum Gasteiger partial charge on any atom is 0.308 e. The summed E-state index contributed by atoms with van der Waals surface area (Å²) in [4.78, 5) is 15.7. The SMILES string of the molecule is O=C(OCCc1ccc(NCC2=C(F)CC(F)(Br)C=C2)nc1)C1CC1. The van der Waals surface area contributed by atoms with E-state index in [2.05, 4.69) is 26.2 Å². The molecule has 1 atom stereocenters. The van der Waals surface area contributed by atoms with Crippen molar-refractivity contribution in [2.45, 2.75) is 30.3 Å². The Morgan fingerprint density at radius 1 is 1.44 bits per heavy atom. The predicted octanol–water partition coefficient (Wildman–Crippen LogP) is 4.23. The minimum absolute atomic E-state index is 0.108. The molecule has 0 spiro atoms. The van der Waals surface area contributed by atoms with Gasteiger partial charge in [0.2, 0.25) is 0 Å². The average Bonchev–Trinajstić information content (AvgIpc) is 3.39. The lowest BCUT2D eigenvalue weighted by atomic mass is 10.0. The van der Waals surface area contributed by atoms with Crippen molar-refractivity contribution in [3.63, 3.8) is 0 Å². The van der Waals surface area contributed by atoms with Gasteiger partial charge in [0.25, 0.3) is 0 Å². The van der Waals surface area contributed by atoms with Crippen LogP contribution in [0.4, 0.5) is 14.6 Å². The summed E-state index contributed by atoms with van der Waals surface area (Å²) in [5.41, 5.74) is 1.36. The van der Waals surface area contributed by atoms with E-state index in [1.54, 1.807) is 12.3 Å². The summed E-state index contributed by atoms with van der Waals surface area (Å²) < 4.78 is 30.8. The van der Waals surface area contributed by atoms with Crippen molar-refractivity contribution in [1.29, 1.82) is 0 Å². The molecule has 0 saturated heterocycles. The summed E-state index contributed by atoms with van der Waals surface area (Å²) in [5, 5.41) is 3.01. The first-order chi connectivity index (χ1) is 11.9. The predicted molar refractivity (Wildman–Crippen MR) is 94.8 cm³/mol. The Morgan fingerprint density at radius 3 is 2.88 bits per heavy atom. The van der Waals surface area contributed by atoms with E-state index in [4.69, 9.17) is 4.74 Å². The molecule has 2 aliphatic rings. The van der Waals surface area contributed by atoms with E-state index in [1.807, 2.05) is 6.07 Å². The van der Waals surface area contributed by atoms with Crippen molar-refractivity contribution in [2.24, 2.45) is 5.92 Å². The van der Waals surface area contributed by atoms with Gasteiger partial charge in [0.1, 0.15) is 11.6 Å². The smallest absolute Gasteiger partial charge is 0.308 e. The quantitative estimate of drug-likeness (QED) is 0.537. The number of ether oxygens (including phenoxy) is 1. The zero-order chi connectivity index (χ0) is 17.9. The fraction of sp³-hybridized carbons (Fsp3) is 0.444. The van der Waals surface area contributed by atoms with Gasteiger partial charge in [-0.1, -0.05) is 12.1 Å². The van der Waals surface area contributed by atoms with Crippen LogP contribution in [0.2, 0.25) is 0 Å². The number of rotatable bonds is 7. The molecule has 0 radical (unpaired) electrons. The number of pyridine rings is 1. The molecule has 2 aliphatic carbocycles. The Balaban J connectivity index is 1.44. The zero-order valence-electron chi connectivity index (χ0n) is 13.6. The molecule has 7 heteroatoms. The first kappa shape index (κ1) is 18.0. The van der Waals surface area contributed by atoms with Crippen LogP contribution in [0, 0.1) is 5.92 Å². The van der Waals surface area contributed by atoms with Crippen LogP contribution in [0.1, 0.15) is 24.8 Å².